The zero-order valence-corrected chi connectivity index (χ0v) is 17.3. The van der Waals surface area contributed by atoms with Gasteiger partial charge in [-0.2, -0.15) is 31.4 Å². The van der Waals surface area contributed by atoms with Gasteiger partial charge in [-0.1, -0.05) is 23.7 Å². The molecule has 32 heavy (non-hydrogen) atoms. The van der Waals surface area contributed by atoms with Gasteiger partial charge in [0.25, 0.3) is 5.91 Å². The fourth-order valence-corrected chi connectivity index (χ4v) is 4.43. The molecule has 0 saturated heterocycles. The van der Waals surface area contributed by atoms with E-state index in [9.17, 15) is 31.1 Å². The Labute approximate surface area is 186 Å². The van der Waals surface area contributed by atoms with E-state index in [2.05, 4.69) is 15.7 Å². The van der Waals surface area contributed by atoms with Crippen LogP contribution >= 0.6 is 22.9 Å². The van der Waals surface area contributed by atoms with Crippen LogP contribution in [0.1, 0.15) is 39.4 Å². The summed E-state index contributed by atoms with van der Waals surface area (Å²) >= 11 is 7.47. The molecule has 170 valence electrons. The lowest BCUT2D eigenvalue weighted by Gasteiger charge is -2.32. The van der Waals surface area contributed by atoms with Gasteiger partial charge in [0.2, 0.25) is 0 Å². The predicted molar refractivity (Wildman–Crippen MR) is 107 cm³/mol. The summed E-state index contributed by atoms with van der Waals surface area (Å²) in [6.45, 7) is 0. The van der Waals surface area contributed by atoms with Gasteiger partial charge in [-0.15, -0.1) is 11.3 Å². The predicted octanol–water partition coefficient (Wildman–Crippen LogP) is 6.53. The molecule has 1 aromatic carbocycles. The molecule has 0 aliphatic carbocycles. The Morgan fingerprint density at radius 2 is 1.94 bits per heavy atom. The van der Waals surface area contributed by atoms with Crippen LogP contribution in [0.15, 0.2) is 41.8 Å². The molecule has 0 fully saturated rings. The first kappa shape index (κ1) is 22.5. The molecule has 2 aromatic heterocycles. The Morgan fingerprint density at radius 1 is 1.19 bits per heavy atom. The van der Waals surface area contributed by atoms with Crippen LogP contribution in [0, 0.1) is 0 Å². The van der Waals surface area contributed by atoms with Crippen molar-refractivity contribution in [1.82, 2.24) is 9.78 Å². The third-order valence-corrected chi connectivity index (χ3v) is 6.19. The lowest BCUT2D eigenvalue weighted by molar-refractivity contribution is -0.173. The summed E-state index contributed by atoms with van der Waals surface area (Å²) in [5, 5.41) is 10.2. The minimum Gasteiger partial charge on any atom is -0.361 e. The zero-order chi connectivity index (χ0) is 23.3. The van der Waals surface area contributed by atoms with Gasteiger partial charge in [0.1, 0.15) is 10.8 Å². The van der Waals surface area contributed by atoms with Crippen molar-refractivity contribution in [2.75, 3.05) is 10.6 Å². The average Bonchev–Trinajstić information content (AvgIpc) is 3.35. The second-order valence-electron chi connectivity index (χ2n) is 6.99. The Bertz CT molecular complexity index is 1140. The van der Waals surface area contributed by atoms with Crippen molar-refractivity contribution in [1.29, 1.82) is 0 Å². The van der Waals surface area contributed by atoms with E-state index in [4.69, 9.17) is 11.6 Å². The molecular weight excluding hydrogens is 482 g/mol. The van der Waals surface area contributed by atoms with E-state index in [1.807, 2.05) is 0 Å². The van der Waals surface area contributed by atoms with Crippen LogP contribution < -0.4 is 10.6 Å². The zero-order valence-electron chi connectivity index (χ0n) is 15.8. The van der Waals surface area contributed by atoms with Crippen LogP contribution in [0.5, 0.6) is 0 Å². The lowest BCUT2D eigenvalue weighted by Crippen LogP contribution is -2.35. The van der Waals surface area contributed by atoms with Gasteiger partial charge in [-0.3, -0.25) is 4.79 Å². The second kappa shape index (κ2) is 8.00. The van der Waals surface area contributed by atoms with Crippen molar-refractivity contribution in [3.05, 3.63) is 62.9 Å². The molecule has 1 aliphatic heterocycles. The summed E-state index contributed by atoms with van der Waals surface area (Å²) < 4.78 is 80.5. The highest BCUT2D eigenvalue weighted by Crippen LogP contribution is 2.47. The number of benzene rings is 1. The number of alkyl halides is 6. The topological polar surface area (TPSA) is 59.0 Å². The van der Waals surface area contributed by atoms with Crippen molar-refractivity contribution in [2.45, 2.75) is 30.9 Å². The third-order valence-electron chi connectivity index (χ3n) is 4.85. The van der Waals surface area contributed by atoms with Crippen LogP contribution in [0.25, 0.3) is 0 Å². The molecule has 4 rings (SSSR count). The van der Waals surface area contributed by atoms with Crippen LogP contribution in [-0.4, -0.2) is 21.9 Å². The molecule has 3 aromatic rings. The van der Waals surface area contributed by atoms with E-state index in [-0.39, 0.29) is 22.9 Å². The molecule has 5 nitrogen and oxygen atoms in total. The Balaban J connectivity index is 1.67. The molecule has 0 unspecified atom stereocenters. The molecule has 0 radical (unpaired) electrons. The molecule has 0 spiro atoms. The number of anilines is 2. The number of hydrogen-bond acceptors (Lipinski definition) is 4. The standard InChI is InChI=1S/C19H13ClF6N4OS/c20-14-15(17(31)27-10-4-1-3-9(7-10)18(21,22)23)29-30-13(19(24,25)26)8-11(28-16(14)30)12-5-2-6-32-12/h1-7,11,13,28H,8H2,(H,27,31)/t11-,13+/m0/s1. The first-order chi connectivity index (χ1) is 14.9. The van der Waals surface area contributed by atoms with Crippen LogP contribution in [0.3, 0.4) is 0 Å². The van der Waals surface area contributed by atoms with E-state index in [0.717, 1.165) is 12.1 Å². The van der Waals surface area contributed by atoms with Gasteiger partial charge >= 0.3 is 12.4 Å². The van der Waals surface area contributed by atoms with Gasteiger partial charge in [-0.25, -0.2) is 4.68 Å². The number of aromatic nitrogens is 2. The number of nitrogens with one attached hydrogen (secondary N) is 2. The van der Waals surface area contributed by atoms with Crippen LogP contribution in [0.4, 0.5) is 37.8 Å². The smallest absolute Gasteiger partial charge is 0.361 e. The molecule has 3 heterocycles. The first-order valence-corrected chi connectivity index (χ1v) is 10.3. The van der Waals surface area contributed by atoms with Crippen LogP contribution in [0.2, 0.25) is 5.02 Å². The SMILES string of the molecule is O=C(Nc1cccc(C(F)(F)F)c1)c1nn2c(c1Cl)N[C@H](c1cccs1)C[C@@H]2C(F)(F)F. The molecule has 1 aliphatic rings. The van der Waals surface area contributed by atoms with Gasteiger partial charge in [0.15, 0.2) is 11.7 Å². The molecule has 13 heteroatoms. The molecule has 0 saturated carbocycles. The highest BCUT2D eigenvalue weighted by atomic mass is 35.5. The van der Waals surface area contributed by atoms with Crippen molar-refractivity contribution in [3.63, 3.8) is 0 Å². The van der Waals surface area contributed by atoms with E-state index in [1.54, 1.807) is 17.5 Å². The molecule has 2 atom stereocenters. The Morgan fingerprint density at radius 3 is 2.56 bits per heavy atom. The van der Waals surface area contributed by atoms with Crippen molar-refractivity contribution >= 4 is 40.4 Å². The molecule has 0 bridgehead atoms. The maximum absolute atomic E-state index is 13.7. The number of halogens is 7. The summed E-state index contributed by atoms with van der Waals surface area (Å²) in [5.74, 6) is -1.22. The van der Waals surface area contributed by atoms with E-state index in [1.165, 1.54) is 17.4 Å². The van der Waals surface area contributed by atoms with Crippen molar-refractivity contribution < 1.29 is 31.1 Å². The van der Waals surface area contributed by atoms with E-state index >= 15 is 0 Å². The van der Waals surface area contributed by atoms with Gasteiger partial charge in [-0.05, 0) is 29.6 Å². The maximum atomic E-state index is 13.7. The summed E-state index contributed by atoms with van der Waals surface area (Å²) in [4.78, 5) is 13.3. The fourth-order valence-electron chi connectivity index (χ4n) is 3.37. The fraction of sp³-hybridized carbons (Fsp3) is 0.263. The van der Waals surface area contributed by atoms with Crippen molar-refractivity contribution in [3.8, 4) is 0 Å². The number of fused-ring (bicyclic) bond motifs is 1. The monoisotopic (exact) mass is 494 g/mol. The number of amides is 1. The largest absolute Gasteiger partial charge is 0.416 e. The second-order valence-corrected chi connectivity index (χ2v) is 8.35. The Hall–Kier alpha value is -2.73. The summed E-state index contributed by atoms with van der Waals surface area (Å²) in [7, 11) is 0. The number of hydrogen-bond donors (Lipinski definition) is 2. The number of rotatable bonds is 3. The molecule has 1 amide bonds. The number of carbonyl (C=O) groups excluding carboxylic acids is 1. The van der Waals surface area contributed by atoms with Gasteiger partial charge in [0, 0.05) is 17.0 Å². The maximum Gasteiger partial charge on any atom is 0.416 e. The first-order valence-electron chi connectivity index (χ1n) is 9.08. The lowest BCUT2D eigenvalue weighted by atomic mass is 10.0. The summed E-state index contributed by atoms with van der Waals surface area (Å²) in [5.41, 5.74) is -1.74. The summed E-state index contributed by atoms with van der Waals surface area (Å²) in [6.07, 6.45) is -9.67. The van der Waals surface area contributed by atoms with Crippen molar-refractivity contribution in [2.24, 2.45) is 0 Å². The summed E-state index contributed by atoms with van der Waals surface area (Å²) in [6, 6.07) is 4.45. The Kier molecular flexibility index (Phi) is 5.61. The van der Waals surface area contributed by atoms with Gasteiger partial charge < -0.3 is 10.6 Å². The van der Waals surface area contributed by atoms with Gasteiger partial charge in [0.05, 0.1) is 11.6 Å². The average molecular weight is 495 g/mol. The van der Waals surface area contributed by atoms with E-state index in [0.29, 0.717) is 15.6 Å². The van der Waals surface area contributed by atoms with E-state index < -0.39 is 41.6 Å². The highest BCUT2D eigenvalue weighted by Gasteiger charge is 2.48. The number of nitrogens with zero attached hydrogens (tertiary/aromatic N) is 2. The van der Waals surface area contributed by atoms with Crippen LogP contribution in [-0.2, 0) is 6.18 Å². The third kappa shape index (κ3) is 4.29. The minimum absolute atomic E-state index is 0.187. The molecule has 2 N–H and O–H groups in total. The minimum atomic E-state index is -4.67. The highest BCUT2D eigenvalue weighted by molar-refractivity contribution is 7.10. The normalized spacial score (nSPS) is 18.7. The quantitative estimate of drug-likeness (QED) is 0.407. The number of carbonyl (C=O) groups is 1. The number of thiophene rings is 1. The molecular formula is C19H13ClF6N4OS.